The third kappa shape index (κ3) is 2.22. The molecule has 0 bridgehead atoms. The first-order chi connectivity index (χ1) is 9.55. The Labute approximate surface area is 112 Å². The van der Waals surface area contributed by atoms with Crippen LogP contribution in [0.25, 0.3) is 22.3 Å². The van der Waals surface area contributed by atoms with Gasteiger partial charge in [-0.05, 0) is 24.3 Å². The zero-order valence-electron chi connectivity index (χ0n) is 10.2. The van der Waals surface area contributed by atoms with Gasteiger partial charge in [-0.1, -0.05) is 24.3 Å². The summed E-state index contributed by atoms with van der Waals surface area (Å²) in [6.07, 6.45) is -3.11. The number of nitrogens with zero attached hydrogens (tertiary/aromatic N) is 2. The van der Waals surface area contributed by atoms with Crippen LogP contribution in [0.3, 0.4) is 0 Å². The van der Waals surface area contributed by atoms with E-state index in [0.29, 0.717) is 5.52 Å². The van der Waals surface area contributed by atoms with Gasteiger partial charge in [0, 0.05) is 11.6 Å². The SMILES string of the molecule is FC(F)(F)c1cccnc1-c1ccc2ccccc2n1. The fourth-order valence-electron chi connectivity index (χ4n) is 2.04. The molecule has 0 aliphatic rings. The smallest absolute Gasteiger partial charge is 0.254 e. The Hall–Kier alpha value is -2.43. The van der Waals surface area contributed by atoms with Gasteiger partial charge in [0.1, 0.15) is 5.69 Å². The molecule has 100 valence electrons. The zero-order chi connectivity index (χ0) is 14.2. The van der Waals surface area contributed by atoms with E-state index >= 15 is 0 Å². The van der Waals surface area contributed by atoms with E-state index in [2.05, 4.69) is 9.97 Å². The summed E-state index contributed by atoms with van der Waals surface area (Å²) >= 11 is 0. The Morgan fingerprint density at radius 2 is 1.65 bits per heavy atom. The third-order valence-corrected chi connectivity index (χ3v) is 2.95. The van der Waals surface area contributed by atoms with Crippen molar-refractivity contribution in [2.24, 2.45) is 0 Å². The third-order valence-electron chi connectivity index (χ3n) is 2.95. The Morgan fingerprint density at radius 3 is 2.45 bits per heavy atom. The lowest BCUT2D eigenvalue weighted by atomic mass is 10.1. The average Bonchev–Trinajstić information content (AvgIpc) is 2.46. The molecule has 0 saturated heterocycles. The number of fused-ring (bicyclic) bond motifs is 1. The number of rotatable bonds is 1. The van der Waals surface area contributed by atoms with Crippen LogP contribution in [0, 0.1) is 0 Å². The Balaban J connectivity index is 2.21. The van der Waals surface area contributed by atoms with Gasteiger partial charge >= 0.3 is 6.18 Å². The maximum absolute atomic E-state index is 13.0. The first-order valence-corrected chi connectivity index (χ1v) is 5.94. The van der Waals surface area contributed by atoms with E-state index in [0.717, 1.165) is 11.5 Å². The van der Waals surface area contributed by atoms with E-state index in [1.165, 1.54) is 12.3 Å². The average molecular weight is 274 g/mol. The van der Waals surface area contributed by atoms with Crippen LogP contribution in [0.15, 0.2) is 54.7 Å². The Bertz CT molecular complexity index is 766. The van der Waals surface area contributed by atoms with Crippen molar-refractivity contribution >= 4 is 10.9 Å². The van der Waals surface area contributed by atoms with Gasteiger partial charge < -0.3 is 0 Å². The van der Waals surface area contributed by atoms with Crippen LogP contribution in [0.4, 0.5) is 13.2 Å². The molecule has 0 radical (unpaired) electrons. The van der Waals surface area contributed by atoms with E-state index in [4.69, 9.17) is 0 Å². The van der Waals surface area contributed by atoms with Gasteiger partial charge in [-0.3, -0.25) is 4.98 Å². The van der Waals surface area contributed by atoms with Gasteiger partial charge in [-0.15, -0.1) is 0 Å². The maximum atomic E-state index is 13.0. The number of hydrogen-bond acceptors (Lipinski definition) is 2. The minimum absolute atomic E-state index is 0.147. The number of halogens is 3. The molecule has 0 spiro atoms. The minimum atomic E-state index is -4.45. The summed E-state index contributed by atoms with van der Waals surface area (Å²) in [4.78, 5) is 8.10. The highest BCUT2D eigenvalue weighted by Crippen LogP contribution is 2.35. The van der Waals surface area contributed by atoms with E-state index in [-0.39, 0.29) is 11.4 Å². The fourth-order valence-corrected chi connectivity index (χ4v) is 2.04. The second-order valence-corrected chi connectivity index (χ2v) is 4.29. The lowest BCUT2D eigenvalue weighted by Crippen LogP contribution is -2.08. The molecule has 3 rings (SSSR count). The molecule has 0 atom stereocenters. The Morgan fingerprint density at radius 1 is 0.850 bits per heavy atom. The molecule has 3 aromatic rings. The Kier molecular flexibility index (Phi) is 2.89. The lowest BCUT2D eigenvalue weighted by Gasteiger charge is -2.11. The number of hydrogen-bond donors (Lipinski definition) is 0. The van der Waals surface area contributed by atoms with Gasteiger partial charge in [0.2, 0.25) is 0 Å². The van der Waals surface area contributed by atoms with Crippen molar-refractivity contribution in [3.8, 4) is 11.4 Å². The van der Waals surface area contributed by atoms with Crippen molar-refractivity contribution in [1.82, 2.24) is 9.97 Å². The van der Waals surface area contributed by atoms with Gasteiger partial charge in [0.05, 0.1) is 16.8 Å². The fraction of sp³-hybridized carbons (Fsp3) is 0.0667. The van der Waals surface area contributed by atoms with Crippen LogP contribution >= 0.6 is 0 Å². The van der Waals surface area contributed by atoms with Gasteiger partial charge in [0.15, 0.2) is 0 Å². The molecule has 0 unspecified atom stereocenters. The molecule has 0 aliphatic carbocycles. The van der Waals surface area contributed by atoms with Crippen LogP contribution in [-0.2, 0) is 6.18 Å². The first kappa shape index (κ1) is 12.6. The van der Waals surface area contributed by atoms with Crippen molar-refractivity contribution in [2.45, 2.75) is 6.18 Å². The zero-order valence-corrected chi connectivity index (χ0v) is 10.2. The molecule has 2 aromatic heterocycles. The molecule has 0 amide bonds. The molecule has 5 heteroatoms. The van der Waals surface area contributed by atoms with E-state index in [1.807, 2.05) is 12.1 Å². The predicted molar refractivity (Wildman–Crippen MR) is 70.0 cm³/mol. The standard InChI is InChI=1S/C15H9F3N2/c16-15(17,18)11-5-3-9-19-14(11)13-8-7-10-4-1-2-6-12(10)20-13/h1-9H. The van der Waals surface area contributed by atoms with Crippen molar-refractivity contribution in [3.63, 3.8) is 0 Å². The maximum Gasteiger partial charge on any atom is 0.418 e. The quantitative estimate of drug-likeness (QED) is 0.660. The normalized spacial score (nSPS) is 11.8. The highest BCUT2D eigenvalue weighted by atomic mass is 19.4. The van der Waals surface area contributed by atoms with Crippen molar-refractivity contribution in [2.75, 3.05) is 0 Å². The van der Waals surface area contributed by atoms with Gasteiger partial charge in [-0.2, -0.15) is 13.2 Å². The summed E-state index contributed by atoms with van der Waals surface area (Å²) in [5, 5.41) is 0.876. The summed E-state index contributed by atoms with van der Waals surface area (Å²) in [5.74, 6) is 0. The molecule has 2 heterocycles. The van der Waals surface area contributed by atoms with Crippen molar-refractivity contribution in [1.29, 1.82) is 0 Å². The van der Waals surface area contributed by atoms with Crippen LogP contribution < -0.4 is 0 Å². The second kappa shape index (κ2) is 4.59. The van der Waals surface area contributed by atoms with E-state index in [1.54, 1.807) is 24.3 Å². The number of pyridine rings is 2. The molecular formula is C15H9F3N2. The molecule has 20 heavy (non-hydrogen) atoms. The summed E-state index contributed by atoms with van der Waals surface area (Å²) < 4.78 is 38.9. The molecule has 0 fully saturated rings. The summed E-state index contributed by atoms with van der Waals surface area (Å²) in [6.45, 7) is 0. The molecular weight excluding hydrogens is 265 g/mol. The number of alkyl halides is 3. The summed E-state index contributed by atoms with van der Waals surface area (Å²) in [5.41, 5.74) is -0.0612. The van der Waals surface area contributed by atoms with Gasteiger partial charge in [-0.25, -0.2) is 4.98 Å². The van der Waals surface area contributed by atoms with Gasteiger partial charge in [0.25, 0.3) is 0 Å². The van der Waals surface area contributed by atoms with E-state index in [9.17, 15) is 13.2 Å². The summed E-state index contributed by atoms with van der Waals surface area (Å²) in [6, 6.07) is 12.8. The molecule has 1 aromatic carbocycles. The van der Waals surface area contributed by atoms with Crippen LogP contribution in [0.1, 0.15) is 5.56 Å². The monoisotopic (exact) mass is 274 g/mol. The topological polar surface area (TPSA) is 25.8 Å². The largest absolute Gasteiger partial charge is 0.418 e. The number of benzene rings is 1. The molecule has 0 saturated carbocycles. The highest BCUT2D eigenvalue weighted by Gasteiger charge is 2.34. The van der Waals surface area contributed by atoms with Crippen LogP contribution in [0.5, 0.6) is 0 Å². The molecule has 2 nitrogen and oxygen atoms in total. The van der Waals surface area contributed by atoms with Crippen LogP contribution in [-0.4, -0.2) is 9.97 Å². The highest BCUT2D eigenvalue weighted by molar-refractivity contribution is 5.81. The van der Waals surface area contributed by atoms with Crippen molar-refractivity contribution < 1.29 is 13.2 Å². The summed E-state index contributed by atoms with van der Waals surface area (Å²) in [7, 11) is 0. The molecule has 0 N–H and O–H groups in total. The minimum Gasteiger partial charge on any atom is -0.254 e. The second-order valence-electron chi connectivity index (χ2n) is 4.29. The number of para-hydroxylation sites is 1. The lowest BCUT2D eigenvalue weighted by molar-refractivity contribution is -0.137. The van der Waals surface area contributed by atoms with Crippen molar-refractivity contribution in [3.05, 3.63) is 60.3 Å². The predicted octanol–water partition coefficient (Wildman–Crippen LogP) is 4.32. The first-order valence-electron chi connectivity index (χ1n) is 5.94. The molecule has 0 aliphatic heterocycles. The van der Waals surface area contributed by atoms with Crippen LogP contribution in [0.2, 0.25) is 0 Å². The van der Waals surface area contributed by atoms with E-state index < -0.39 is 11.7 Å². The number of aromatic nitrogens is 2.